The van der Waals surface area contributed by atoms with Crippen LogP contribution in [0, 0.1) is 25.2 Å². The number of anilines is 1. The van der Waals surface area contributed by atoms with Crippen molar-refractivity contribution in [3.63, 3.8) is 0 Å². The Hall–Kier alpha value is -3.36. The fourth-order valence-electron chi connectivity index (χ4n) is 3.77. The highest BCUT2D eigenvalue weighted by atomic mass is 16.5. The van der Waals surface area contributed by atoms with Crippen LogP contribution in [0.2, 0.25) is 0 Å². The van der Waals surface area contributed by atoms with Crippen LogP contribution in [0.3, 0.4) is 0 Å². The standard InChI is InChI=1S/C24H24N4O/c1-16-8-10-18(11-9-16)14-19-17(2)20(15-25)24-27-21-6-4-5-7-22(21)28(24)23(19)26-12-13-29-3/h4-11,26H,12-14H2,1-3H3. The number of pyridine rings is 1. The van der Waals surface area contributed by atoms with E-state index in [-0.39, 0.29) is 0 Å². The molecule has 29 heavy (non-hydrogen) atoms. The van der Waals surface area contributed by atoms with Crippen LogP contribution >= 0.6 is 0 Å². The number of benzene rings is 2. The first-order chi connectivity index (χ1) is 14.1. The fourth-order valence-corrected chi connectivity index (χ4v) is 3.77. The molecular formula is C24H24N4O. The summed E-state index contributed by atoms with van der Waals surface area (Å²) in [6.45, 7) is 5.37. The Kier molecular flexibility index (Phi) is 5.20. The van der Waals surface area contributed by atoms with Gasteiger partial charge in [-0.2, -0.15) is 5.26 Å². The first-order valence-electron chi connectivity index (χ1n) is 9.75. The molecule has 0 bridgehead atoms. The first-order valence-corrected chi connectivity index (χ1v) is 9.75. The summed E-state index contributed by atoms with van der Waals surface area (Å²) in [5.41, 5.74) is 7.71. The van der Waals surface area contributed by atoms with Crippen LogP contribution < -0.4 is 5.32 Å². The third-order valence-electron chi connectivity index (χ3n) is 5.33. The maximum Gasteiger partial charge on any atom is 0.157 e. The van der Waals surface area contributed by atoms with E-state index in [1.54, 1.807) is 7.11 Å². The van der Waals surface area contributed by atoms with Crippen LogP contribution in [0.5, 0.6) is 0 Å². The fraction of sp³-hybridized carbons (Fsp3) is 0.250. The highest BCUT2D eigenvalue weighted by Crippen LogP contribution is 2.32. The smallest absolute Gasteiger partial charge is 0.157 e. The van der Waals surface area contributed by atoms with Gasteiger partial charge in [-0.05, 0) is 37.1 Å². The van der Waals surface area contributed by atoms with Gasteiger partial charge in [-0.15, -0.1) is 0 Å². The molecule has 0 spiro atoms. The van der Waals surface area contributed by atoms with Crippen LogP contribution in [-0.4, -0.2) is 29.6 Å². The molecule has 0 aliphatic heterocycles. The number of rotatable bonds is 6. The quantitative estimate of drug-likeness (QED) is 0.493. The van der Waals surface area contributed by atoms with E-state index in [1.165, 1.54) is 11.1 Å². The number of imidazole rings is 1. The van der Waals surface area contributed by atoms with Crippen molar-refractivity contribution in [3.05, 3.63) is 76.3 Å². The van der Waals surface area contributed by atoms with Crippen LogP contribution in [0.1, 0.15) is 27.8 Å². The number of nitrogens with zero attached hydrogens (tertiary/aromatic N) is 3. The lowest BCUT2D eigenvalue weighted by Crippen LogP contribution is -2.15. The third kappa shape index (κ3) is 3.43. The number of nitrogens with one attached hydrogen (secondary N) is 1. The topological polar surface area (TPSA) is 62.3 Å². The summed E-state index contributed by atoms with van der Waals surface area (Å²) >= 11 is 0. The SMILES string of the molecule is COCCNc1c(Cc2ccc(C)cc2)c(C)c(C#N)c2nc3ccccc3n12. The van der Waals surface area contributed by atoms with Gasteiger partial charge in [0.25, 0.3) is 0 Å². The molecule has 0 fully saturated rings. The van der Waals surface area contributed by atoms with E-state index in [9.17, 15) is 5.26 Å². The molecule has 4 rings (SSSR count). The molecule has 0 atom stereocenters. The summed E-state index contributed by atoms with van der Waals surface area (Å²) in [6, 6.07) is 18.9. The van der Waals surface area contributed by atoms with E-state index >= 15 is 0 Å². The van der Waals surface area contributed by atoms with Crippen molar-refractivity contribution in [3.8, 4) is 6.07 Å². The molecule has 2 aromatic carbocycles. The van der Waals surface area contributed by atoms with Gasteiger partial charge in [-0.1, -0.05) is 42.0 Å². The molecule has 2 aromatic heterocycles. The zero-order valence-corrected chi connectivity index (χ0v) is 17.0. The molecule has 0 saturated carbocycles. The van der Waals surface area contributed by atoms with Crippen molar-refractivity contribution >= 4 is 22.5 Å². The lowest BCUT2D eigenvalue weighted by atomic mass is 9.97. The Morgan fingerprint density at radius 1 is 1.10 bits per heavy atom. The maximum absolute atomic E-state index is 9.93. The molecule has 5 heteroatoms. The number of methoxy groups -OCH3 is 1. The second-order valence-electron chi connectivity index (χ2n) is 7.28. The molecule has 2 heterocycles. The highest BCUT2D eigenvalue weighted by molar-refractivity contribution is 5.86. The van der Waals surface area contributed by atoms with Crippen molar-refractivity contribution in [1.82, 2.24) is 9.38 Å². The van der Waals surface area contributed by atoms with Crippen molar-refractivity contribution in [2.75, 3.05) is 25.6 Å². The third-order valence-corrected chi connectivity index (χ3v) is 5.33. The Morgan fingerprint density at radius 3 is 2.59 bits per heavy atom. The Morgan fingerprint density at radius 2 is 1.86 bits per heavy atom. The minimum absolute atomic E-state index is 0.594. The van der Waals surface area contributed by atoms with Crippen molar-refractivity contribution in [2.45, 2.75) is 20.3 Å². The van der Waals surface area contributed by atoms with E-state index in [0.717, 1.165) is 34.4 Å². The van der Waals surface area contributed by atoms with E-state index in [0.29, 0.717) is 24.4 Å². The van der Waals surface area contributed by atoms with Gasteiger partial charge in [0.2, 0.25) is 0 Å². The zero-order chi connectivity index (χ0) is 20.4. The molecule has 0 radical (unpaired) electrons. The normalized spacial score (nSPS) is 11.1. The number of nitriles is 1. The average Bonchev–Trinajstić information content (AvgIpc) is 3.11. The summed E-state index contributed by atoms with van der Waals surface area (Å²) in [6.07, 6.45) is 0.735. The lowest BCUT2D eigenvalue weighted by Gasteiger charge is -2.19. The Bertz CT molecular complexity index is 1220. The second kappa shape index (κ2) is 7.94. The van der Waals surface area contributed by atoms with Crippen molar-refractivity contribution in [1.29, 1.82) is 5.26 Å². The Balaban J connectivity index is 1.99. The summed E-state index contributed by atoms with van der Waals surface area (Å²) < 4.78 is 7.33. The van der Waals surface area contributed by atoms with Crippen LogP contribution in [0.25, 0.3) is 16.7 Å². The van der Waals surface area contributed by atoms with Crippen LogP contribution in [0.4, 0.5) is 5.82 Å². The van der Waals surface area contributed by atoms with Gasteiger partial charge in [-0.25, -0.2) is 4.98 Å². The number of aryl methyl sites for hydroxylation is 1. The van der Waals surface area contributed by atoms with Gasteiger partial charge in [0.05, 0.1) is 23.2 Å². The van der Waals surface area contributed by atoms with Gasteiger partial charge in [0.15, 0.2) is 5.65 Å². The summed E-state index contributed by atoms with van der Waals surface area (Å²) in [5, 5.41) is 13.5. The van der Waals surface area contributed by atoms with Gasteiger partial charge in [0, 0.05) is 25.6 Å². The number of para-hydroxylation sites is 2. The van der Waals surface area contributed by atoms with Crippen LogP contribution in [-0.2, 0) is 11.2 Å². The molecule has 0 amide bonds. The van der Waals surface area contributed by atoms with Gasteiger partial charge in [-0.3, -0.25) is 4.40 Å². The van der Waals surface area contributed by atoms with E-state index in [1.807, 2.05) is 31.2 Å². The van der Waals surface area contributed by atoms with Crippen molar-refractivity contribution < 1.29 is 4.74 Å². The number of ether oxygens (including phenoxy) is 1. The van der Waals surface area contributed by atoms with Gasteiger partial charge >= 0.3 is 0 Å². The largest absolute Gasteiger partial charge is 0.383 e. The van der Waals surface area contributed by atoms with E-state index < -0.39 is 0 Å². The molecule has 4 aromatic rings. The monoisotopic (exact) mass is 384 g/mol. The number of hydrogen-bond donors (Lipinski definition) is 1. The van der Waals surface area contributed by atoms with Crippen molar-refractivity contribution in [2.24, 2.45) is 0 Å². The average molecular weight is 384 g/mol. The molecule has 0 unspecified atom stereocenters. The zero-order valence-electron chi connectivity index (χ0n) is 17.0. The lowest BCUT2D eigenvalue weighted by molar-refractivity contribution is 0.210. The van der Waals surface area contributed by atoms with E-state index in [2.05, 4.69) is 47.0 Å². The first kappa shape index (κ1) is 19.0. The molecule has 0 aliphatic rings. The minimum atomic E-state index is 0.594. The number of fused-ring (bicyclic) bond motifs is 3. The predicted octanol–water partition coefficient (Wildman–Crippen LogP) is 4.63. The number of aromatic nitrogens is 2. The molecule has 146 valence electrons. The molecular weight excluding hydrogens is 360 g/mol. The summed E-state index contributed by atoms with van der Waals surface area (Å²) in [7, 11) is 1.70. The maximum atomic E-state index is 9.93. The minimum Gasteiger partial charge on any atom is -0.383 e. The predicted molar refractivity (Wildman–Crippen MR) is 117 cm³/mol. The summed E-state index contributed by atoms with van der Waals surface area (Å²) in [5.74, 6) is 0.975. The van der Waals surface area contributed by atoms with Gasteiger partial charge in [0.1, 0.15) is 11.9 Å². The van der Waals surface area contributed by atoms with Crippen LogP contribution in [0.15, 0.2) is 48.5 Å². The number of hydrogen-bond acceptors (Lipinski definition) is 4. The summed E-state index contributed by atoms with van der Waals surface area (Å²) in [4.78, 5) is 4.76. The molecule has 5 nitrogen and oxygen atoms in total. The molecule has 0 saturated heterocycles. The second-order valence-corrected chi connectivity index (χ2v) is 7.28. The molecule has 1 N–H and O–H groups in total. The molecule has 0 aliphatic carbocycles. The highest BCUT2D eigenvalue weighted by Gasteiger charge is 2.20. The van der Waals surface area contributed by atoms with E-state index in [4.69, 9.17) is 9.72 Å². The van der Waals surface area contributed by atoms with Gasteiger partial charge < -0.3 is 10.1 Å². The Labute approximate surface area is 170 Å².